The lowest BCUT2D eigenvalue weighted by atomic mass is 9.72. The molecule has 0 amide bonds. The van der Waals surface area contributed by atoms with Crippen LogP contribution in [0.1, 0.15) is 66.6 Å². The first-order valence-electron chi connectivity index (χ1n) is 14.6. The van der Waals surface area contributed by atoms with Crippen molar-refractivity contribution in [3.05, 3.63) is 94.7 Å². The first-order valence-corrected chi connectivity index (χ1v) is 14.6. The summed E-state index contributed by atoms with van der Waals surface area (Å²) in [5.74, 6) is 1.21. The molecule has 2 aliphatic rings. The van der Waals surface area contributed by atoms with Gasteiger partial charge in [0.15, 0.2) is 0 Å². The third-order valence-corrected chi connectivity index (χ3v) is 9.03. The van der Waals surface area contributed by atoms with Gasteiger partial charge in [0.05, 0.1) is 16.8 Å². The van der Waals surface area contributed by atoms with Crippen LogP contribution in [0, 0.1) is 5.92 Å². The van der Waals surface area contributed by atoms with E-state index in [9.17, 15) is 18.0 Å². The summed E-state index contributed by atoms with van der Waals surface area (Å²) < 4.78 is 49.5. The summed E-state index contributed by atoms with van der Waals surface area (Å²) in [6.07, 6.45) is 8.34. The number of fused-ring (bicyclic) bond motifs is 1. The Hall–Kier alpha value is -4.26. The van der Waals surface area contributed by atoms with Gasteiger partial charge >= 0.3 is 11.9 Å². The monoisotopic (exact) mass is 591 g/mol. The van der Waals surface area contributed by atoms with Crippen LogP contribution in [-0.2, 0) is 19.8 Å². The average Bonchev–Trinajstić information content (AvgIpc) is 3.71. The van der Waals surface area contributed by atoms with Crippen molar-refractivity contribution in [3.8, 4) is 5.69 Å². The van der Waals surface area contributed by atoms with Crippen molar-refractivity contribution in [1.82, 2.24) is 43.4 Å². The van der Waals surface area contributed by atoms with Crippen LogP contribution < -0.4 is 5.69 Å². The highest BCUT2D eigenvalue weighted by atomic mass is 19.4. The molecule has 0 spiro atoms. The van der Waals surface area contributed by atoms with Gasteiger partial charge in [-0.3, -0.25) is 13.9 Å². The van der Waals surface area contributed by atoms with Gasteiger partial charge in [-0.05, 0) is 67.5 Å². The first-order chi connectivity index (χ1) is 20.8. The SMILES string of the molecule is Cn1cnnc1[C@@H](c1cccc(-n2cc3c(C(F)(F)F)cc(CN4CCCC(n5cnnc5)C4)cn3c2=O)c1)C1CCC1. The van der Waals surface area contributed by atoms with Crippen molar-refractivity contribution in [1.29, 1.82) is 0 Å². The summed E-state index contributed by atoms with van der Waals surface area (Å²) in [4.78, 5) is 15.8. The van der Waals surface area contributed by atoms with Gasteiger partial charge in [0.2, 0.25) is 0 Å². The summed E-state index contributed by atoms with van der Waals surface area (Å²) >= 11 is 0. The molecular weight excluding hydrogens is 559 g/mol. The van der Waals surface area contributed by atoms with Gasteiger partial charge in [-0.1, -0.05) is 18.6 Å². The molecule has 0 N–H and O–H groups in total. The minimum Gasteiger partial charge on any atom is -0.320 e. The Morgan fingerprint density at radius 1 is 1.00 bits per heavy atom. The van der Waals surface area contributed by atoms with Crippen molar-refractivity contribution in [3.63, 3.8) is 0 Å². The number of halogens is 3. The molecule has 1 aromatic carbocycles. The molecule has 2 fully saturated rings. The number of pyridine rings is 1. The highest BCUT2D eigenvalue weighted by molar-refractivity contribution is 5.58. The number of likely N-dealkylation sites (tertiary alicyclic amines) is 1. The molecule has 10 nitrogen and oxygen atoms in total. The van der Waals surface area contributed by atoms with Gasteiger partial charge in [-0.25, -0.2) is 4.79 Å². The quantitative estimate of drug-likeness (QED) is 0.275. The fourth-order valence-electron chi connectivity index (χ4n) is 6.66. The van der Waals surface area contributed by atoms with Crippen LogP contribution in [0.2, 0.25) is 0 Å². The Morgan fingerprint density at radius 2 is 1.81 bits per heavy atom. The molecule has 1 unspecified atom stereocenters. The minimum atomic E-state index is -4.63. The zero-order valence-electron chi connectivity index (χ0n) is 23.7. The fraction of sp³-hybridized carbons (Fsp3) is 0.433. The Labute approximate surface area is 245 Å². The molecule has 1 aliphatic heterocycles. The Balaban J connectivity index is 1.25. The molecule has 2 atom stereocenters. The second-order valence-corrected chi connectivity index (χ2v) is 11.8. The van der Waals surface area contributed by atoms with E-state index >= 15 is 0 Å². The Bertz CT molecular complexity index is 1800. The average molecular weight is 592 g/mol. The predicted octanol–water partition coefficient (Wildman–Crippen LogP) is 4.60. The third kappa shape index (κ3) is 5.15. The second-order valence-electron chi connectivity index (χ2n) is 11.8. The number of alkyl halides is 3. The standard InChI is InChI=1S/C30H32F3N9O/c1-38-17-36-37-28(38)27(21-5-2-6-21)22-7-3-8-23(12-22)41-16-26-25(30(31,32)33)11-20(14-42(26)29(41)43)13-39-10-4-9-24(15-39)40-18-34-35-19-40/h3,7-8,11-12,14,16-19,21,24,27H,2,4-6,9-10,13,15H2,1H3/t24?,27-/m1/s1. The first kappa shape index (κ1) is 27.6. The van der Waals surface area contributed by atoms with E-state index in [0.29, 0.717) is 30.3 Å². The zero-order chi connectivity index (χ0) is 29.7. The van der Waals surface area contributed by atoms with Gasteiger partial charge in [0.25, 0.3) is 0 Å². The Kier molecular flexibility index (Phi) is 6.91. The normalized spacial score (nSPS) is 19.1. The number of benzene rings is 1. The summed E-state index contributed by atoms with van der Waals surface area (Å²) in [7, 11) is 1.91. The number of nitrogens with zero attached hydrogens (tertiary/aromatic N) is 9. The van der Waals surface area contributed by atoms with Crippen molar-refractivity contribution in [2.75, 3.05) is 13.1 Å². The predicted molar refractivity (Wildman–Crippen MR) is 152 cm³/mol. The van der Waals surface area contributed by atoms with Crippen LogP contribution >= 0.6 is 0 Å². The van der Waals surface area contributed by atoms with Crippen LogP contribution in [-0.4, -0.2) is 56.5 Å². The van der Waals surface area contributed by atoms with E-state index in [1.807, 2.05) is 34.4 Å². The van der Waals surface area contributed by atoms with Gasteiger partial charge in [0, 0.05) is 44.5 Å². The highest BCUT2D eigenvalue weighted by Gasteiger charge is 2.36. The summed E-state index contributed by atoms with van der Waals surface area (Å²) in [6.45, 7) is 1.72. The molecule has 43 heavy (non-hydrogen) atoms. The molecule has 5 aromatic rings. The molecule has 5 heterocycles. The van der Waals surface area contributed by atoms with Crippen molar-refractivity contribution in [2.24, 2.45) is 13.0 Å². The maximum atomic E-state index is 14.4. The molecule has 7 rings (SSSR count). The maximum Gasteiger partial charge on any atom is 0.418 e. The third-order valence-electron chi connectivity index (χ3n) is 9.03. The zero-order valence-corrected chi connectivity index (χ0v) is 23.7. The van der Waals surface area contributed by atoms with Gasteiger partial charge in [0.1, 0.15) is 24.8 Å². The van der Waals surface area contributed by atoms with Crippen molar-refractivity contribution < 1.29 is 13.2 Å². The molecule has 1 saturated heterocycles. The molecule has 1 saturated carbocycles. The van der Waals surface area contributed by atoms with E-state index in [2.05, 4.69) is 25.3 Å². The molecule has 0 radical (unpaired) electrons. The lowest BCUT2D eigenvalue weighted by Crippen LogP contribution is -2.36. The minimum absolute atomic E-state index is 0.0160. The molecule has 4 aromatic heterocycles. The Morgan fingerprint density at radius 3 is 2.51 bits per heavy atom. The van der Waals surface area contributed by atoms with E-state index in [-0.39, 0.29) is 17.5 Å². The van der Waals surface area contributed by atoms with E-state index in [4.69, 9.17) is 0 Å². The molecule has 0 bridgehead atoms. The smallest absolute Gasteiger partial charge is 0.320 e. The van der Waals surface area contributed by atoms with Gasteiger partial charge in [-0.15, -0.1) is 20.4 Å². The van der Waals surface area contributed by atoms with Crippen LogP contribution in [0.3, 0.4) is 0 Å². The lowest BCUT2D eigenvalue weighted by molar-refractivity contribution is -0.136. The van der Waals surface area contributed by atoms with E-state index in [1.165, 1.54) is 16.8 Å². The number of imidazole rings is 1. The highest BCUT2D eigenvalue weighted by Crippen LogP contribution is 2.43. The molecule has 224 valence electrons. The summed E-state index contributed by atoms with van der Waals surface area (Å²) in [5.41, 5.74) is 0.377. The lowest BCUT2D eigenvalue weighted by Gasteiger charge is -2.33. The number of hydrogen-bond donors (Lipinski definition) is 0. The maximum absolute atomic E-state index is 14.4. The van der Waals surface area contributed by atoms with Crippen LogP contribution in [0.4, 0.5) is 13.2 Å². The second kappa shape index (κ2) is 10.8. The van der Waals surface area contributed by atoms with Crippen molar-refractivity contribution >= 4 is 5.52 Å². The topological polar surface area (TPSA) is 91.1 Å². The molecule has 1 aliphatic carbocycles. The molecular formula is C30H32F3N9O. The van der Waals surface area contributed by atoms with E-state index in [1.54, 1.807) is 31.2 Å². The fourth-order valence-corrected chi connectivity index (χ4v) is 6.66. The summed E-state index contributed by atoms with van der Waals surface area (Å²) in [5, 5.41) is 16.2. The summed E-state index contributed by atoms with van der Waals surface area (Å²) in [6, 6.07) is 8.82. The van der Waals surface area contributed by atoms with Crippen LogP contribution in [0.25, 0.3) is 11.2 Å². The van der Waals surface area contributed by atoms with E-state index in [0.717, 1.165) is 54.4 Å². The van der Waals surface area contributed by atoms with Gasteiger partial charge < -0.3 is 9.13 Å². The van der Waals surface area contributed by atoms with E-state index < -0.39 is 17.4 Å². The van der Waals surface area contributed by atoms with Crippen LogP contribution in [0.5, 0.6) is 0 Å². The van der Waals surface area contributed by atoms with Crippen LogP contribution in [0.15, 0.2) is 66.5 Å². The number of piperidine rings is 1. The number of hydrogen-bond acceptors (Lipinski definition) is 6. The largest absolute Gasteiger partial charge is 0.418 e. The van der Waals surface area contributed by atoms with Gasteiger partial charge in [-0.2, -0.15) is 13.2 Å². The number of aromatic nitrogens is 8. The van der Waals surface area contributed by atoms with Crippen molar-refractivity contribution in [2.45, 2.75) is 56.8 Å². The number of rotatable bonds is 7. The molecule has 13 heteroatoms. The number of aryl methyl sites for hydroxylation is 1.